The summed E-state index contributed by atoms with van der Waals surface area (Å²) in [5.41, 5.74) is 6.08. The molecule has 0 aromatic carbocycles. The summed E-state index contributed by atoms with van der Waals surface area (Å²) in [5, 5.41) is 0. The second-order valence-corrected chi connectivity index (χ2v) is 3.96. The first-order valence-corrected chi connectivity index (χ1v) is 5.29. The largest absolute Gasteiger partial charge is 0.379 e. The van der Waals surface area contributed by atoms with E-state index >= 15 is 0 Å². The standard InChI is InChI=1S/C10H22N2O/c1-3-9(2)10(11)8-12-4-6-13-7-5-12/h9-10H,3-8,11H2,1-2H3/t9-,10?/m0/s1. The molecule has 0 spiro atoms. The van der Waals surface area contributed by atoms with Crippen LogP contribution in [0.15, 0.2) is 0 Å². The van der Waals surface area contributed by atoms with Gasteiger partial charge in [-0.2, -0.15) is 0 Å². The molecule has 0 aromatic rings. The Labute approximate surface area is 81.2 Å². The Hall–Kier alpha value is -0.120. The molecule has 13 heavy (non-hydrogen) atoms. The number of nitrogens with zero attached hydrogens (tertiary/aromatic N) is 1. The van der Waals surface area contributed by atoms with E-state index in [4.69, 9.17) is 10.5 Å². The van der Waals surface area contributed by atoms with Crippen LogP contribution in [0.4, 0.5) is 0 Å². The SMILES string of the molecule is CC[C@H](C)C(N)CN1CCOCC1. The van der Waals surface area contributed by atoms with Crippen LogP contribution in [0, 0.1) is 5.92 Å². The zero-order valence-corrected chi connectivity index (χ0v) is 8.83. The van der Waals surface area contributed by atoms with E-state index in [0.717, 1.165) is 32.8 Å². The Morgan fingerprint density at radius 2 is 2.00 bits per heavy atom. The Bertz CT molecular complexity index is 135. The van der Waals surface area contributed by atoms with Crippen molar-refractivity contribution in [2.75, 3.05) is 32.8 Å². The monoisotopic (exact) mass is 186 g/mol. The molecule has 0 radical (unpaired) electrons. The van der Waals surface area contributed by atoms with E-state index in [1.54, 1.807) is 0 Å². The van der Waals surface area contributed by atoms with Gasteiger partial charge in [0.2, 0.25) is 0 Å². The number of ether oxygens (including phenoxy) is 1. The highest BCUT2D eigenvalue weighted by molar-refractivity contribution is 4.74. The molecule has 78 valence electrons. The van der Waals surface area contributed by atoms with Crippen molar-refractivity contribution in [1.82, 2.24) is 4.90 Å². The summed E-state index contributed by atoms with van der Waals surface area (Å²) in [6, 6.07) is 0.322. The van der Waals surface area contributed by atoms with Gasteiger partial charge in [-0.15, -0.1) is 0 Å². The molecule has 1 fully saturated rings. The van der Waals surface area contributed by atoms with E-state index in [1.807, 2.05) is 0 Å². The van der Waals surface area contributed by atoms with Gasteiger partial charge >= 0.3 is 0 Å². The average Bonchev–Trinajstić information content (AvgIpc) is 2.18. The molecule has 3 heteroatoms. The maximum Gasteiger partial charge on any atom is 0.0594 e. The molecule has 1 heterocycles. The fourth-order valence-electron chi connectivity index (χ4n) is 1.56. The van der Waals surface area contributed by atoms with Crippen molar-refractivity contribution < 1.29 is 4.74 Å². The van der Waals surface area contributed by atoms with Gasteiger partial charge in [-0.3, -0.25) is 4.90 Å². The van der Waals surface area contributed by atoms with E-state index in [1.165, 1.54) is 6.42 Å². The zero-order chi connectivity index (χ0) is 9.68. The van der Waals surface area contributed by atoms with Gasteiger partial charge in [-0.05, 0) is 5.92 Å². The first-order valence-electron chi connectivity index (χ1n) is 5.29. The van der Waals surface area contributed by atoms with Gasteiger partial charge in [0.15, 0.2) is 0 Å². The fraction of sp³-hybridized carbons (Fsp3) is 1.00. The maximum absolute atomic E-state index is 6.08. The van der Waals surface area contributed by atoms with Gasteiger partial charge in [0.1, 0.15) is 0 Å². The lowest BCUT2D eigenvalue weighted by atomic mass is 9.99. The lowest BCUT2D eigenvalue weighted by Gasteiger charge is -2.30. The van der Waals surface area contributed by atoms with Gasteiger partial charge in [-0.1, -0.05) is 20.3 Å². The van der Waals surface area contributed by atoms with Crippen LogP contribution in [0.3, 0.4) is 0 Å². The van der Waals surface area contributed by atoms with E-state index in [0.29, 0.717) is 12.0 Å². The minimum absolute atomic E-state index is 0.322. The topological polar surface area (TPSA) is 38.5 Å². The second kappa shape index (κ2) is 5.58. The van der Waals surface area contributed by atoms with Gasteiger partial charge in [0, 0.05) is 25.7 Å². The Morgan fingerprint density at radius 1 is 1.38 bits per heavy atom. The quantitative estimate of drug-likeness (QED) is 0.702. The van der Waals surface area contributed by atoms with Crippen LogP contribution in [0.1, 0.15) is 20.3 Å². The van der Waals surface area contributed by atoms with E-state index in [2.05, 4.69) is 18.7 Å². The van der Waals surface area contributed by atoms with Crippen LogP contribution in [-0.4, -0.2) is 43.8 Å². The van der Waals surface area contributed by atoms with Gasteiger partial charge < -0.3 is 10.5 Å². The van der Waals surface area contributed by atoms with Crippen molar-refractivity contribution in [2.45, 2.75) is 26.3 Å². The number of morpholine rings is 1. The van der Waals surface area contributed by atoms with Crippen LogP contribution in [0.25, 0.3) is 0 Å². The van der Waals surface area contributed by atoms with Crippen LogP contribution in [-0.2, 0) is 4.74 Å². The summed E-state index contributed by atoms with van der Waals surface area (Å²) in [7, 11) is 0. The van der Waals surface area contributed by atoms with Crippen LogP contribution < -0.4 is 5.73 Å². The molecule has 0 amide bonds. The molecule has 1 unspecified atom stereocenters. The third-order valence-electron chi connectivity index (χ3n) is 2.95. The maximum atomic E-state index is 6.08. The van der Waals surface area contributed by atoms with E-state index in [9.17, 15) is 0 Å². The first-order chi connectivity index (χ1) is 6.24. The highest BCUT2D eigenvalue weighted by atomic mass is 16.5. The summed E-state index contributed by atoms with van der Waals surface area (Å²) in [6.45, 7) is 9.28. The molecule has 1 rings (SSSR count). The van der Waals surface area contributed by atoms with Gasteiger partial charge in [0.05, 0.1) is 13.2 Å². The molecule has 0 saturated carbocycles. The second-order valence-electron chi connectivity index (χ2n) is 3.96. The minimum atomic E-state index is 0.322. The van der Waals surface area contributed by atoms with Crippen molar-refractivity contribution in [3.05, 3.63) is 0 Å². The van der Waals surface area contributed by atoms with Crippen molar-refractivity contribution >= 4 is 0 Å². The number of nitrogens with two attached hydrogens (primary N) is 1. The number of hydrogen-bond donors (Lipinski definition) is 1. The predicted octanol–water partition coefficient (Wildman–Crippen LogP) is 0.692. The molecule has 1 aliphatic rings. The molecule has 2 atom stereocenters. The molecule has 1 aliphatic heterocycles. The summed E-state index contributed by atoms with van der Waals surface area (Å²) >= 11 is 0. The highest BCUT2D eigenvalue weighted by Gasteiger charge is 2.17. The molecule has 0 bridgehead atoms. The summed E-state index contributed by atoms with van der Waals surface area (Å²) in [5.74, 6) is 0.628. The number of rotatable bonds is 4. The molecule has 2 N–H and O–H groups in total. The first kappa shape index (κ1) is 11.0. The summed E-state index contributed by atoms with van der Waals surface area (Å²) in [4.78, 5) is 2.40. The van der Waals surface area contributed by atoms with Gasteiger partial charge in [0.25, 0.3) is 0 Å². The molecule has 3 nitrogen and oxygen atoms in total. The smallest absolute Gasteiger partial charge is 0.0594 e. The highest BCUT2D eigenvalue weighted by Crippen LogP contribution is 2.07. The van der Waals surface area contributed by atoms with Crippen molar-refractivity contribution in [3.8, 4) is 0 Å². The normalized spacial score (nSPS) is 24.2. The minimum Gasteiger partial charge on any atom is -0.379 e. The van der Waals surface area contributed by atoms with E-state index in [-0.39, 0.29) is 0 Å². The Balaban J connectivity index is 2.21. The molecule has 0 aliphatic carbocycles. The summed E-state index contributed by atoms with van der Waals surface area (Å²) in [6.07, 6.45) is 1.17. The van der Waals surface area contributed by atoms with Crippen LogP contribution in [0.2, 0.25) is 0 Å². The lowest BCUT2D eigenvalue weighted by molar-refractivity contribution is 0.0328. The van der Waals surface area contributed by atoms with Crippen molar-refractivity contribution in [2.24, 2.45) is 11.7 Å². The molecular formula is C10H22N2O. The van der Waals surface area contributed by atoms with Crippen molar-refractivity contribution in [3.63, 3.8) is 0 Å². The zero-order valence-electron chi connectivity index (χ0n) is 8.83. The Morgan fingerprint density at radius 3 is 2.54 bits per heavy atom. The summed E-state index contributed by atoms with van der Waals surface area (Å²) < 4.78 is 5.29. The van der Waals surface area contributed by atoms with Crippen LogP contribution in [0.5, 0.6) is 0 Å². The van der Waals surface area contributed by atoms with Crippen LogP contribution >= 0.6 is 0 Å². The lowest BCUT2D eigenvalue weighted by Crippen LogP contribution is -2.45. The third kappa shape index (κ3) is 3.63. The third-order valence-corrected chi connectivity index (χ3v) is 2.95. The van der Waals surface area contributed by atoms with E-state index < -0.39 is 0 Å². The molecule has 1 saturated heterocycles. The molecule has 0 aromatic heterocycles. The average molecular weight is 186 g/mol. The number of hydrogen-bond acceptors (Lipinski definition) is 3. The Kier molecular flexibility index (Phi) is 4.70. The molecular weight excluding hydrogens is 164 g/mol. The predicted molar refractivity (Wildman–Crippen MR) is 54.7 cm³/mol. The fourth-order valence-corrected chi connectivity index (χ4v) is 1.56. The van der Waals surface area contributed by atoms with Gasteiger partial charge in [-0.25, -0.2) is 0 Å². The van der Waals surface area contributed by atoms with Crippen molar-refractivity contribution in [1.29, 1.82) is 0 Å².